The van der Waals surface area contributed by atoms with E-state index >= 15 is 0 Å². The first-order chi connectivity index (χ1) is 37.8. The van der Waals surface area contributed by atoms with Gasteiger partial charge in [-0.15, -0.1) is 0 Å². The first kappa shape index (κ1) is 56.2. The van der Waals surface area contributed by atoms with Gasteiger partial charge in [-0.2, -0.15) is 0 Å². The van der Waals surface area contributed by atoms with E-state index in [1.54, 1.807) is 0 Å². The van der Waals surface area contributed by atoms with Crippen LogP contribution in [-0.2, 0) is 20.4 Å². The van der Waals surface area contributed by atoms with Gasteiger partial charge in [-0.25, -0.2) is 0 Å². The van der Waals surface area contributed by atoms with E-state index in [9.17, 15) is 0 Å². The zero-order chi connectivity index (χ0) is 51.7. The van der Waals surface area contributed by atoms with E-state index in [0.717, 1.165) is 0 Å². The van der Waals surface area contributed by atoms with Crippen molar-refractivity contribution in [3.8, 4) is 0 Å². The number of rotatable bonds is 12. The van der Waals surface area contributed by atoms with Gasteiger partial charge in [0.25, 0.3) is 0 Å². The molecular weight excluding hydrogens is 1100 g/mol. The first-order valence-electron chi connectivity index (χ1n) is 26.4. The molecule has 77 heavy (non-hydrogen) atoms. The van der Waals surface area contributed by atoms with E-state index in [4.69, 9.17) is 0 Å². The van der Waals surface area contributed by atoms with Gasteiger partial charge in [0, 0.05) is 20.4 Å². The quantitative estimate of drug-likeness (QED) is 0.0845. The topological polar surface area (TPSA) is 0 Å². The summed E-state index contributed by atoms with van der Waals surface area (Å²) in [4.78, 5) is 0. The minimum atomic E-state index is -1.31. The van der Waals surface area contributed by atoms with Crippen molar-refractivity contribution in [2.24, 2.45) is 0 Å². The Balaban J connectivity index is 0.000000135. The van der Waals surface area contributed by atoms with Gasteiger partial charge in [0.2, 0.25) is 0 Å². The van der Waals surface area contributed by atoms with Gasteiger partial charge in [0.15, 0.2) is 0 Å². The summed E-state index contributed by atoms with van der Waals surface area (Å²) in [5, 5.41) is 17.7. The van der Waals surface area contributed by atoms with Crippen LogP contribution in [0.5, 0.6) is 0 Å². The number of hydrogen-bond donors (Lipinski definition) is 0. The fourth-order valence-corrected chi connectivity index (χ4v) is 22.0. The van der Waals surface area contributed by atoms with Crippen molar-refractivity contribution < 1.29 is 20.4 Å². The molecular formula is C72H68P4Pd. The predicted octanol–water partition coefficient (Wildman–Crippen LogP) is 11.6. The van der Waals surface area contributed by atoms with Crippen LogP contribution in [0.3, 0.4) is 0 Å². The molecule has 0 atom stereocenters. The second-order valence-electron chi connectivity index (χ2n) is 18.7. The van der Waals surface area contributed by atoms with Gasteiger partial charge in [-0.1, -0.05) is 0 Å². The van der Waals surface area contributed by atoms with Crippen LogP contribution >= 0.6 is 31.7 Å². The molecule has 0 aliphatic rings. The van der Waals surface area contributed by atoms with Gasteiger partial charge >= 0.3 is 459 Å². The third kappa shape index (κ3) is 16.5. The van der Waals surface area contributed by atoms with Crippen molar-refractivity contribution in [3.05, 3.63) is 364 Å². The molecule has 0 spiro atoms. The Bertz CT molecular complexity index is 2580. The third-order valence-electron chi connectivity index (χ3n) is 13.6. The average molecular weight is 1160 g/mol. The molecule has 0 aromatic heterocycles. The summed E-state index contributed by atoms with van der Waals surface area (Å²) in [5.74, 6) is 0. The predicted molar refractivity (Wildman–Crippen MR) is 352 cm³/mol. The van der Waals surface area contributed by atoms with E-state index in [2.05, 4.69) is 364 Å². The van der Waals surface area contributed by atoms with Crippen LogP contribution in [0.1, 0.15) is 0 Å². The van der Waals surface area contributed by atoms with Gasteiger partial charge in [-0.3, -0.25) is 0 Å². The molecule has 12 aromatic rings. The van der Waals surface area contributed by atoms with E-state index in [-0.39, 0.29) is 20.4 Å². The van der Waals surface area contributed by atoms with Crippen molar-refractivity contribution in [3.63, 3.8) is 0 Å². The average Bonchev–Trinajstić information content (AvgIpc) is 3.51. The Kier molecular flexibility index (Phi) is 22.9. The van der Waals surface area contributed by atoms with Crippen LogP contribution in [-0.4, -0.2) is 0 Å². The van der Waals surface area contributed by atoms with Crippen LogP contribution in [0.2, 0.25) is 0 Å². The van der Waals surface area contributed by atoms with E-state index in [1.165, 1.54) is 63.7 Å². The Labute approximate surface area is 476 Å². The van der Waals surface area contributed by atoms with Crippen molar-refractivity contribution in [1.82, 2.24) is 0 Å². The van der Waals surface area contributed by atoms with Gasteiger partial charge in [0.1, 0.15) is 0 Å². The van der Waals surface area contributed by atoms with E-state index in [0.29, 0.717) is 0 Å². The SMILES string of the molecule is [Pd].c1ccc([PH2](c2ccccc2)c2ccccc2)cc1.c1ccc([PH2](c2ccccc2)c2ccccc2)cc1.c1ccc([PH2](c2ccccc2)c2ccccc2)cc1.c1ccc([PH2](c2ccccc2)c2ccccc2)cc1. The number of benzene rings is 12. The van der Waals surface area contributed by atoms with E-state index in [1.807, 2.05) is 0 Å². The summed E-state index contributed by atoms with van der Waals surface area (Å²) in [6.45, 7) is 0. The molecule has 12 rings (SSSR count). The van der Waals surface area contributed by atoms with Crippen LogP contribution < -0.4 is 63.7 Å². The van der Waals surface area contributed by atoms with Crippen molar-refractivity contribution >= 4 is 95.3 Å². The fraction of sp³-hybridized carbons (Fsp3) is 0. The van der Waals surface area contributed by atoms with Crippen molar-refractivity contribution in [2.45, 2.75) is 0 Å². The molecule has 0 saturated heterocycles. The van der Waals surface area contributed by atoms with Gasteiger partial charge in [-0.05, 0) is 0 Å². The second kappa shape index (κ2) is 31.3. The van der Waals surface area contributed by atoms with Gasteiger partial charge < -0.3 is 0 Å². The molecule has 0 heterocycles. The molecule has 0 unspecified atom stereocenters. The normalized spacial score (nSPS) is 10.9. The molecule has 0 fully saturated rings. The molecule has 0 bridgehead atoms. The van der Waals surface area contributed by atoms with Crippen LogP contribution in [0.25, 0.3) is 0 Å². The minimum absolute atomic E-state index is 0. The zero-order valence-corrected chi connectivity index (χ0v) is 49.4. The molecule has 0 saturated carbocycles. The molecule has 0 amide bonds. The molecule has 12 aromatic carbocycles. The Morgan fingerprint density at radius 1 is 0.104 bits per heavy atom. The number of hydrogen-bond acceptors (Lipinski definition) is 0. The Morgan fingerprint density at radius 2 is 0.169 bits per heavy atom. The molecule has 386 valence electrons. The Morgan fingerprint density at radius 3 is 0.234 bits per heavy atom. The molecule has 0 radical (unpaired) electrons. The van der Waals surface area contributed by atoms with Crippen LogP contribution in [0.4, 0.5) is 0 Å². The van der Waals surface area contributed by atoms with Gasteiger partial charge in [0.05, 0.1) is 0 Å². The monoisotopic (exact) mass is 1160 g/mol. The van der Waals surface area contributed by atoms with Crippen molar-refractivity contribution in [2.75, 3.05) is 0 Å². The summed E-state index contributed by atoms with van der Waals surface area (Å²) < 4.78 is 0. The second-order valence-corrected chi connectivity index (χ2v) is 30.1. The first-order valence-corrected chi connectivity index (χ1v) is 33.3. The van der Waals surface area contributed by atoms with E-state index < -0.39 is 31.7 Å². The van der Waals surface area contributed by atoms with Crippen molar-refractivity contribution in [1.29, 1.82) is 0 Å². The summed E-state index contributed by atoms with van der Waals surface area (Å²) in [5.41, 5.74) is 0. The molecule has 0 nitrogen and oxygen atoms in total. The Hall–Kier alpha value is -6.98. The summed E-state index contributed by atoms with van der Waals surface area (Å²) in [7, 11) is -5.23. The molecule has 5 heteroatoms. The summed E-state index contributed by atoms with van der Waals surface area (Å²) >= 11 is 0. The maximum atomic E-state index is 2.26. The summed E-state index contributed by atoms with van der Waals surface area (Å²) in [6, 6.07) is 131. The third-order valence-corrected chi connectivity index (χ3v) is 26.2. The zero-order valence-electron chi connectivity index (χ0n) is 43.3. The van der Waals surface area contributed by atoms with Crippen LogP contribution in [0, 0.1) is 0 Å². The molecule has 0 aliphatic heterocycles. The molecule has 0 aliphatic carbocycles. The van der Waals surface area contributed by atoms with Crippen LogP contribution in [0.15, 0.2) is 364 Å². The standard InChI is InChI=1S/4C18H17P.Pd/c4*1-4-10-16(11-5-1)19(17-12-6-2-7-13-17)18-14-8-3-9-15-18;/h4*1-15H,19H2;. The molecule has 0 N–H and O–H groups in total. The fourth-order valence-electron chi connectivity index (χ4n) is 10.1. The summed E-state index contributed by atoms with van der Waals surface area (Å²) in [6.07, 6.45) is 0. The maximum absolute atomic E-state index is 2.26.